The van der Waals surface area contributed by atoms with Crippen LogP contribution in [-0.2, 0) is 16.1 Å². The SMILES string of the molecule is Cc1cc(Cl)ccc1OCCCC(=O)NCc1ccc(C(=O)N2CC(C)OC(C)C2)cc1. The molecule has 2 aromatic carbocycles. The van der Waals surface area contributed by atoms with E-state index in [4.69, 9.17) is 21.1 Å². The summed E-state index contributed by atoms with van der Waals surface area (Å²) in [7, 11) is 0. The van der Waals surface area contributed by atoms with Gasteiger partial charge in [0.25, 0.3) is 5.91 Å². The Morgan fingerprint density at radius 3 is 2.47 bits per heavy atom. The first kappa shape index (κ1) is 24.1. The van der Waals surface area contributed by atoms with Gasteiger partial charge in [0, 0.05) is 36.6 Å². The highest BCUT2D eigenvalue weighted by atomic mass is 35.5. The van der Waals surface area contributed by atoms with Gasteiger partial charge in [-0.2, -0.15) is 0 Å². The largest absolute Gasteiger partial charge is 0.493 e. The Balaban J connectivity index is 1.39. The second-order valence-corrected chi connectivity index (χ2v) is 8.74. The van der Waals surface area contributed by atoms with Gasteiger partial charge in [0.2, 0.25) is 5.91 Å². The van der Waals surface area contributed by atoms with Crippen LogP contribution in [0.5, 0.6) is 5.75 Å². The van der Waals surface area contributed by atoms with Crippen LogP contribution in [0.15, 0.2) is 42.5 Å². The standard InChI is InChI=1S/C25H31ClN2O4/c1-17-13-22(26)10-11-23(17)31-12-4-5-24(29)27-14-20-6-8-21(9-7-20)25(30)28-15-18(2)32-19(3)16-28/h6-11,13,18-19H,4-5,12,14-16H2,1-3H3,(H,27,29). The molecule has 172 valence electrons. The Morgan fingerprint density at radius 2 is 1.81 bits per heavy atom. The fraction of sp³-hybridized carbons (Fsp3) is 0.440. The summed E-state index contributed by atoms with van der Waals surface area (Å²) in [5.74, 6) is 0.766. The number of rotatable bonds is 8. The molecule has 32 heavy (non-hydrogen) atoms. The maximum atomic E-state index is 12.7. The number of benzene rings is 2. The number of hydrogen-bond acceptors (Lipinski definition) is 4. The quantitative estimate of drug-likeness (QED) is 0.596. The lowest BCUT2D eigenvalue weighted by Crippen LogP contribution is -2.48. The average molecular weight is 459 g/mol. The molecule has 2 unspecified atom stereocenters. The van der Waals surface area contributed by atoms with Gasteiger partial charge in [0.05, 0.1) is 18.8 Å². The van der Waals surface area contributed by atoms with Crippen molar-refractivity contribution in [2.75, 3.05) is 19.7 Å². The first-order chi connectivity index (χ1) is 15.3. The zero-order valence-corrected chi connectivity index (χ0v) is 19.7. The van der Waals surface area contributed by atoms with Gasteiger partial charge >= 0.3 is 0 Å². The Hall–Kier alpha value is -2.57. The lowest BCUT2D eigenvalue weighted by molar-refractivity contribution is -0.121. The van der Waals surface area contributed by atoms with Crippen molar-refractivity contribution >= 4 is 23.4 Å². The highest BCUT2D eigenvalue weighted by Gasteiger charge is 2.26. The van der Waals surface area contributed by atoms with Crippen molar-refractivity contribution in [1.29, 1.82) is 0 Å². The first-order valence-electron chi connectivity index (χ1n) is 11.0. The zero-order valence-electron chi connectivity index (χ0n) is 18.9. The van der Waals surface area contributed by atoms with Gasteiger partial charge in [-0.05, 0) is 68.7 Å². The molecule has 0 aromatic heterocycles. The van der Waals surface area contributed by atoms with Gasteiger partial charge < -0.3 is 19.7 Å². The number of ether oxygens (including phenoxy) is 2. The Bertz CT molecular complexity index is 922. The molecule has 0 radical (unpaired) electrons. The zero-order chi connectivity index (χ0) is 23.1. The summed E-state index contributed by atoms with van der Waals surface area (Å²) in [6.45, 7) is 7.99. The number of carbonyl (C=O) groups excluding carboxylic acids is 2. The van der Waals surface area contributed by atoms with E-state index in [9.17, 15) is 9.59 Å². The van der Waals surface area contributed by atoms with Crippen molar-refractivity contribution in [3.8, 4) is 5.75 Å². The first-order valence-corrected chi connectivity index (χ1v) is 11.4. The van der Waals surface area contributed by atoms with E-state index >= 15 is 0 Å². The summed E-state index contributed by atoms with van der Waals surface area (Å²) in [4.78, 5) is 26.7. The van der Waals surface area contributed by atoms with E-state index in [1.807, 2.05) is 62.1 Å². The monoisotopic (exact) mass is 458 g/mol. The van der Waals surface area contributed by atoms with Crippen LogP contribution < -0.4 is 10.1 Å². The molecule has 1 aliphatic heterocycles. The number of hydrogen-bond donors (Lipinski definition) is 1. The minimum absolute atomic E-state index is 0.0125. The van der Waals surface area contributed by atoms with Crippen LogP contribution in [0.4, 0.5) is 0 Å². The molecule has 3 rings (SSSR count). The Labute approximate surface area is 194 Å². The molecule has 2 atom stereocenters. The minimum atomic E-state index is -0.0297. The summed E-state index contributed by atoms with van der Waals surface area (Å²) < 4.78 is 11.4. The van der Waals surface area contributed by atoms with Crippen LogP contribution in [0.2, 0.25) is 5.02 Å². The number of carbonyl (C=O) groups is 2. The summed E-state index contributed by atoms with van der Waals surface area (Å²) in [6, 6.07) is 12.9. The highest BCUT2D eigenvalue weighted by molar-refractivity contribution is 6.30. The van der Waals surface area contributed by atoms with Crippen LogP contribution in [-0.4, -0.2) is 48.6 Å². The number of aryl methyl sites for hydroxylation is 1. The predicted molar refractivity (Wildman–Crippen MR) is 125 cm³/mol. The Kier molecular flexibility index (Phi) is 8.53. The topological polar surface area (TPSA) is 67.9 Å². The Morgan fingerprint density at radius 1 is 1.12 bits per heavy atom. The van der Waals surface area contributed by atoms with Crippen molar-refractivity contribution in [3.63, 3.8) is 0 Å². The second-order valence-electron chi connectivity index (χ2n) is 8.30. The molecule has 0 spiro atoms. The molecule has 0 bridgehead atoms. The molecular formula is C25H31ClN2O4. The van der Waals surface area contributed by atoms with E-state index in [-0.39, 0.29) is 24.0 Å². The van der Waals surface area contributed by atoms with Gasteiger partial charge in [-0.1, -0.05) is 23.7 Å². The summed E-state index contributed by atoms with van der Waals surface area (Å²) in [5.41, 5.74) is 2.57. The van der Waals surface area contributed by atoms with Crippen LogP contribution >= 0.6 is 11.6 Å². The number of halogens is 1. The lowest BCUT2D eigenvalue weighted by atomic mass is 10.1. The third kappa shape index (κ3) is 6.97. The van der Waals surface area contributed by atoms with E-state index < -0.39 is 0 Å². The van der Waals surface area contributed by atoms with E-state index in [1.165, 1.54) is 0 Å². The van der Waals surface area contributed by atoms with Gasteiger partial charge in [-0.15, -0.1) is 0 Å². The predicted octanol–water partition coefficient (Wildman–Crippen LogP) is 4.37. The summed E-state index contributed by atoms with van der Waals surface area (Å²) >= 11 is 5.94. The molecule has 1 heterocycles. The molecule has 6 nitrogen and oxygen atoms in total. The lowest BCUT2D eigenvalue weighted by Gasteiger charge is -2.35. The van der Waals surface area contributed by atoms with Crippen LogP contribution in [0, 0.1) is 6.92 Å². The van der Waals surface area contributed by atoms with Crippen molar-refractivity contribution in [3.05, 3.63) is 64.2 Å². The third-order valence-electron chi connectivity index (χ3n) is 5.34. The normalized spacial score (nSPS) is 18.3. The molecular weight excluding hydrogens is 428 g/mol. The molecule has 1 aliphatic rings. The summed E-state index contributed by atoms with van der Waals surface area (Å²) in [6.07, 6.45) is 1.09. The van der Waals surface area contributed by atoms with E-state index in [1.54, 1.807) is 6.07 Å². The molecule has 0 aliphatic carbocycles. The molecule has 1 fully saturated rings. The maximum Gasteiger partial charge on any atom is 0.254 e. The molecule has 7 heteroatoms. The second kappa shape index (κ2) is 11.3. The number of morpholine rings is 1. The van der Waals surface area contributed by atoms with Crippen LogP contribution in [0.3, 0.4) is 0 Å². The van der Waals surface area contributed by atoms with Gasteiger partial charge in [0.1, 0.15) is 5.75 Å². The van der Waals surface area contributed by atoms with E-state index in [2.05, 4.69) is 5.32 Å². The minimum Gasteiger partial charge on any atom is -0.493 e. The molecule has 0 saturated carbocycles. The van der Waals surface area contributed by atoms with Crippen molar-refractivity contribution < 1.29 is 19.1 Å². The summed E-state index contributed by atoms with van der Waals surface area (Å²) in [5, 5.41) is 3.59. The number of amides is 2. The molecule has 1 saturated heterocycles. The smallest absolute Gasteiger partial charge is 0.254 e. The average Bonchev–Trinajstić information content (AvgIpc) is 2.75. The van der Waals surface area contributed by atoms with Crippen LogP contribution in [0.1, 0.15) is 48.2 Å². The van der Waals surface area contributed by atoms with E-state index in [0.29, 0.717) is 49.7 Å². The van der Waals surface area contributed by atoms with Gasteiger partial charge in [0.15, 0.2) is 0 Å². The van der Waals surface area contributed by atoms with Gasteiger partial charge in [-0.3, -0.25) is 9.59 Å². The number of nitrogens with one attached hydrogen (secondary N) is 1. The van der Waals surface area contributed by atoms with Crippen molar-refractivity contribution in [1.82, 2.24) is 10.2 Å². The molecule has 2 amide bonds. The van der Waals surface area contributed by atoms with Crippen LogP contribution in [0.25, 0.3) is 0 Å². The third-order valence-corrected chi connectivity index (χ3v) is 5.58. The maximum absolute atomic E-state index is 12.7. The fourth-order valence-electron chi connectivity index (χ4n) is 3.77. The number of nitrogens with zero attached hydrogens (tertiary/aromatic N) is 1. The molecule has 1 N–H and O–H groups in total. The van der Waals surface area contributed by atoms with Gasteiger partial charge in [-0.25, -0.2) is 0 Å². The van der Waals surface area contributed by atoms with Crippen molar-refractivity contribution in [2.45, 2.75) is 52.4 Å². The molecule has 2 aromatic rings. The van der Waals surface area contributed by atoms with Crippen molar-refractivity contribution in [2.24, 2.45) is 0 Å². The van der Waals surface area contributed by atoms with E-state index in [0.717, 1.165) is 16.9 Å². The highest BCUT2D eigenvalue weighted by Crippen LogP contribution is 2.22. The fourth-order valence-corrected chi connectivity index (χ4v) is 4.00.